The Morgan fingerprint density at radius 3 is 1.27 bits per heavy atom. The summed E-state index contributed by atoms with van der Waals surface area (Å²) in [6.07, 6.45) is 11.9. The SMILES string of the molecule is O=C(NCCCCCCNC(=O)NCCN1CCCCC1)NCCN1CCCCC1. The number of amides is 4. The van der Waals surface area contributed by atoms with Crippen molar-refractivity contribution in [1.29, 1.82) is 0 Å². The Balaban J connectivity index is 1.30. The average Bonchev–Trinajstić information content (AvgIpc) is 2.77. The van der Waals surface area contributed by atoms with E-state index in [-0.39, 0.29) is 12.1 Å². The minimum Gasteiger partial charge on any atom is -0.338 e. The number of hydrogen-bond acceptors (Lipinski definition) is 4. The highest BCUT2D eigenvalue weighted by Gasteiger charge is 2.10. The molecular weight excluding hydrogens is 380 g/mol. The number of rotatable bonds is 13. The maximum atomic E-state index is 11.8. The van der Waals surface area contributed by atoms with Crippen LogP contribution in [0.15, 0.2) is 0 Å². The number of urea groups is 2. The number of carbonyl (C=O) groups is 2. The summed E-state index contributed by atoms with van der Waals surface area (Å²) in [5.41, 5.74) is 0. The molecule has 2 aliphatic rings. The normalized spacial score (nSPS) is 18.0. The van der Waals surface area contributed by atoms with Gasteiger partial charge in [-0.3, -0.25) is 0 Å². The van der Waals surface area contributed by atoms with Crippen molar-refractivity contribution in [3.8, 4) is 0 Å². The monoisotopic (exact) mass is 424 g/mol. The van der Waals surface area contributed by atoms with Crippen molar-refractivity contribution in [1.82, 2.24) is 31.1 Å². The first-order valence-corrected chi connectivity index (χ1v) is 12.2. The summed E-state index contributed by atoms with van der Waals surface area (Å²) in [4.78, 5) is 28.4. The molecule has 4 N–H and O–H groups in total. The quantitative estimate of drug-likeness (QED) is 0.341. The molecule has 2 rings (SSSR count). The van der Waals surface area contributed by atoms with Crippen molar-refractivity contribution in [3.63, 3.8) is 0 Å². The topological polar surface area (TPSA) is 88.7 Å². The predicted octanol–water partition coefficient (Wildman–Crippen LogP) is 2.12. The van der Waals surface area contributed by atoms with E-state index < -0.39 is 0 Å². The van der Waals surface area contributed by atoms with Gasteiger partial charge in [-0.15, -0.1) is 0 Å². The molecule has 174 valence electrons. The Labute approximate surface area is 182 Å². The maximum Gasteiger partial charge on any atom is 0.314 e. The standard InChI is InChI=1S/C22H44N6O2/c29-21(25-13-19-27-15-7-3-8-16-27)23-11-5-1-2-6-12-24-22(30)26-14-20-28-17-9-4-10-18-28/h1-20H2,(H2,23,25,29)(H2,24,26,30). The van der Waals surface area contributed by atoms with Crippen molar-refractivity contribution < 1.29 is 9.59 Å². The van der Waals surface area contributed by atoms with E-state index in [9.17, 15) is 9.59 Å². The Hall–Kier alpha value is -1.54. The van der Waals surface area contributed by atoms with Crippen LogP contribution in [0.1, 0.15) is 64.2 Å². The van der Waals surface area contributed by atoms with Crippen LogP contribution in [0.25, 0.3) is 0 Å². The first kappa shape index (κ1) is 24.7. The molecule has 0 aromatic heterocycles. The van der Waals surface area contributed by atoms with E-state index in [1.807, 2.05) is 0 Å². The number of likely N-dealkylation sites (tertiary alicyclic amines) is 2. The first-order chi connectivity index (χ1) is 14.7. The molecule has 0 spiro atoms. The first-order valence-electron chi connectivity index (χ1n) is 12.2. The fourth-order valence-electron chi connectivity index (χ4n) is 4.15. The third-order valence-corrected chi connectivity index (χ3v) is 6.00. The van der Waals surface area contributed by atoms with Gasteiger partial charge in [-0.2, -0.15) is 0 Å². The molecule has 2 saturated heterocycles. The summed E-state index contributed by atoms with van der Waals surface area (Å²) in [5.74, 6) is 0. The van der Waals surface area contributed by atoms with Crippen molar-refractivity contribution >= 4 is 12.1 Å². The van der Waals surface area contributed by atoms with Crippen LogP contribution in [0.4, 0.5) is 9.59 Å². The molecule has 2 heterocycles. The zero-order chi connectivity index (χ0) is 21.3. The fraction of sp³-hybridized carbons (Fsp3) is 0.909. The number of hydrogen-bond donors (Lipinski definition) is 4. The Morgan fingerprint density at radius 2 is 0.867 bits per heavy atom. The van der Waals surface area contributed by atoms with Crippen LogP contribution in [-0.2, 0) is 0 Å². The Bertz CT molecular complexity index is 423. The van der Waals surface area contributed by atoms with Crippen LogP contribution in [0.2, 0.25) is 0 Å². The summed E-state index contributed by atoms with van der Waals surface area (Å²) in [6, 6.07) is -0.121. The zero-order valence-corrected chi connectivity index (χ0v) is 18.9. The van der Waals surface area contributed by atoms with Gasteiger partial charge in [-0.25, -0.2) is 9.59 Å². The third kappa shape index (κ3) is 12.2. The van der Waals surface area contributed by atoms with Gasteiger partial charge in [0.15, 0.2) is 0 Å². The molecule has 0 saturated carbocycles. The van der Waals surface area contributed by atoms with E-state index in [0.717, 1.165) is 51.9 Å². The van der Waals surface area contributed by atoms with Gasteiger partial charge in [0, 0.05) is 39.3 Å². The second-order valence-electron chi connectivity index (χ2n) is 8.58. The molecule has 2 aliphatic heterocycles. The number of unbranched alkanes of at least 4 members (excludes halogenated alkanes) is 3. The predicted molar refractivity (Wildman–Crippen MR) is 122 cm³/mol. The summed E-state index contributed by atoms with van der Waals surface area (Å²) in [6.45, 7) is 9.42. The molecule has 30 heavy (non-hydrogen) atoms. The van der Waals surface area contributed by atoms with E-state index in [4.69, 9.17) is 0 Å². The third-order valence-electron chi connectivity index (χ3n) is 6.00. The molecule has 2 fully saturated rings. The maximum absolute atomic E-state index is 11.8. The van der Waals surface area contributed by atoms with Crippen molar-refractivity contribution in [2.45, 2.75) is 64.2 Å². The summed E-state index contributed by atoms with van der Waals surface area (Å²) in [7, 11) is 0. The highest BCUT2D eigenvalue weighted by molar-refractivity contribution is 5.74. The lowest BCUT2D eigenvalue weighted by atomic mass is 10.1. The van der Waals surface area contributed by atoms with Crippen LogP contribution in [0.3, 0.4) is 0 Å². The van der Waals surface area contributed by atoms with Gasteiger partial charge in [-0.05, 0) is 64.7 Å². The molecule has 0 aromatic carbocycles. The minimum atomic E-state index is -0.0603. The number of nitrogens with one attached hydrogen (secondary N) is 4. The van der Waals surface area contributed by atoms with E-state index in [1.54, 1.807) is 0 Å². The van der Waals surface area contributed by atoms with E-state index in [1.165, 1.54) is 64.7 Å². The summed E-state index contributed by atoms with van der Waals surface area (Å²) >= 11 is 0. The lowest BCUT2D eigenvalue weighted by molar-refractivity contribution is 0.220. The Kier molecular flexibility index (Phi) is 13.3. The molecule has 0 aromatic rings. The van der Waals surface area contributed by atoms with Crippen LogP contribution in [0.5, 0.6) is 0 Å². The average molecular weight is 425 g/mol. The van der Waals surface area contributed by atoms with E-state index in [0.29, 0.717) is 13.1 Å². The second-order valence-corrected chi connectivity index (χ2v) is 8.58. The van der Waals surface area contributed by atoms with Crippen LogP contribution in [0, 0.1) is 0 Å². The molecule has 4 amide bonds. The second kappa shape index (κ2) is 16.2. The van der Waals surface area contributed by atoms with Crippen LogP contribution < -0.4 is 21.3 Å². The van der Waals surface area contributed by atoms with Gasteiger partial charge in [-0.1, -0.05) is 25.7 Å². The zero-order valence-electron chi connectivity index (χ0n) is 18.9. The smallest absolute Gasteiger partial charge is 0.314 e. The number of carbonyl (C=O) groups excluding carboxylic acids is 2. The Morgan fingerprint density at radius 1 is 0.500 bits per heavy atom. The van der Waals surface area contributed by atoms with Crippen molar-refractivity contribution in [3.05, 3.63) is 0 Å². The summed E-state index contributed by atoms with van der Waals surface area (Å²) in [5, 5.41) is 11.7. The van der Waals surface area contributed by atoms with Crippen LogP contribution >= 0.6 is 0 Å². The highest BCUT2D eigenvalue weighted by atomic mass is 16.2. The van der Waals surface area contributed by atoms with E-state index >= 15 is 0 Å². The number of piperidine rings is 2. The molecular formula is C22H44N6O2. The van der Waals surface area contributed by atoms with Crippen LogP contribution in [-0.4, -0.2) is 87.3 Å². The largest absolute Gasteiger partial charge is 0.338 e. The van der Waals surface area contributed by atoms with E-state index in [2.05, 4.69) is 31.1 Å². The molecule has 0 radical (unpaired) electrons. The van der Waals surface area contributed by atoms with Gasteiger partial charge < -0.3 is 31.1 Å². The highest BCUT2D eigenvalue weighted by Crippen LogP contribution is 2.08. The molecule has 0 atom stereocenters. The van der Waals surface area contributed by atoms with Gasteiger partial charge in [0.05, 0.1) is 0 Å². The van der Waals surface area contributed by atoms with Crippen molar-refractivity contribution in [2.75, 3.05) is 65.4 Å². The molecule has 0 aliphatic carbocycles. The van der Waals surface area contributed by atoms with Crippen molar-refractivity contribution in [2.24, 2.45) is 0 Å². The fourth-order valence-corrected chi connectivity index (χ4v) is 4.15. The molecule has 8 nitrogen and oxygen atoms in total. The van der Waals surface area contributed by atoms with Gasteiger partial charge >= 0.3 is 12.1 Å². The molecule has 0 unspecified atom stereocenters. The number of nitrogens with zero attached hydrogens (tertiary/aromatic N) is 2. The minimum absolute atomic E-state index is 0.0603. The molecule has 0 bridgehead atoms. The van der Waals surface area contributed by atoms with Gasteiger partial charge in [0.2, 0.25) is 0 Å². The lowest BCUT2D eigenvalue weighted by Crippen LogP contribution is -2.42. The molecule has 8 heteroatoms. The lowest BCUT2D eigenvalue weighted by Gasteiger charge is -2.26. The van der Waals surface area contributed by atoms with Gasteiger partial charge in [0.1, 0.15) is 0 Å². The van der Waals surface area contributed by atoms with Gasteiger partial charge in [0.25, 0.3) is 0 Å². The summed E-state index contributed by atoms with van der Waals surface area (Å²) < 4.78 is 0.